The van der Waals surface area contributed by atoms with Crippen LogP contribution in [0.4, 0.5) is 0 Å². The predicted molar refractivity (Wildman–Crippen MR) is 78.6 cm³/mol. The van der Waals surface area contributed by atoms with Gasteiger partial charge < -0.3 is 0 Å². The van der Waals surface area contributed by atoms with Gasteiger partial charge in [-0.2, -0.15) is 0 Å². The number of fused-ring (bicyclic) bond motifs is 1. The van der Waals surface area contributed by atoms with Gasteiger partial charge >= 0.3 is 0 Å². The minimum absolute atomic E-state index is 0.449. The molecule has 0 fully saturated rings. The van der Waals surface area contributed by atoms with Gasteiger partial charge in [-0.1, -0.05) is 44.9 Å². The Bertz CT molecular complexity index is 467. The van der Waals surface area contributed by atoms with Crippen LogP contribution in [0, 0.1) is 12.8 Å². The SMILES string of the molecule is [CH2][C@H](CCCC(C)C)c1csc2ccccc12. The van der Waals surface area contributed by atoms with E-state index in [1.165, 1.54) is 34.9 Å². The molecule has 1 aromatic carbocycles. The summed E-state index contributed by atoms with van der Waals surface area (Å²) in [5.74, 6) is 1.26. The topological polar surface area (TPSA) is 0 Å². The first-order valence-electron chi connectivity index (χ1n) is 6.47. The molecular formula is C16H21S. The summed E-state index contributed by atoms with van der Waals surface area (Å²) in [6.07, 6.45) is 3.81. The van der Waals surface area contributed by atoms with E-state index >= 15 is 0 Å². The summed E-state index contributed by atoms with van der Waals surface area (Å²) in [6, 6.07) is 8.66. The molecule has 17 heavy (non-hydrogen) atoms. The molecule has 0 aliphatic carbocycles. The molecule has 2 aromatic rings. The Morgan fingerprint density at radius 3 is 2.71 bits per heavy atom. The maximum Gasteiger partial charge on any atom is 0.0345 e. The standard InChI is InChI=1S/C16H21S/c1-12(2)7-6-8-13(3)15-11-17-16-10-5-4-9-14(15)16/h4-5,9-13H,3,6-8H2,1-2H3/t13-/m1/s1. The van der Waals surface area contributed by atoms with Crippen LogP contribution in [0.5, 0.6) is 0 Å². The molecule has 1 heteroatoms. The van der Waals surface area contributed by atoms with E-state index in [1.807, 2.05) is 11.3 Å². The van der Waals surface area contributed by atoms with Crippen molar-refractivity contribution in [1.29, 1.82) is 0 Å². The number of thiophene rings is 1. The highest BCUT2D eigenvalue weighted by Crippen LogP contribution is 2.33. The van der Waals surface area contributed by atoms with Crippen molar-refractivity contribution in [3.8, 4) is 0 Å². The van der Waals surface area contributed by atoms with Crippen molar-refractivity contribution in [3.63, 3.8) is 0 Å². The van der Waals surface area contributed by atoms with E-state index in [4.69, 9.17) is 0 Å². The Morgan fingerprint density at radius 2 is 1.94 bits per heavy atom. The lowest BCUT2D eigenvalue weighted by Gasteiger charge is -2.11. The Labute approximate surface area is 109 Å². The van der Waals surface area contributed by atoms with Crippen molar-refractivity contribution >= 4 is 21.4 Å². The van der Waals surface area contributed by atoms with Crippen molar-refractivity contribution in [2.24, 2.45) is 5.92 Å². The second-order valence-corrected chi connectivity index (χ2v) is 6.12. The second-order valence-electron chi connectivity index (χ2n) is 5.21. The van der Waals surface area contributed by atoms with Gasteiger partial charge in [-0.15, -0.1) is 11.3 Å². The first kappa shape index (κ1) is 12.6. The highest BCUT2D eigenvalue weighted by atomic mass is 32.1. The van der Waals surface area contributed by atoms with Gasteiger partial charge in [-0.25, -0.2) is 0 Å². The van der Waals surface area contributed by atoms with Crippen LogP contribution in [0.25, 0.3) is 10.1 Å². The minimum Gasteiger partial charge on any atom is -0.144 e. The van der Waals surface area contributed by atoms with E-state index in [1.54, 1.807) is 0 Å². The van der Waals surface area contributed by atoms with E-state index in [2.05, 4.69) is 50.4 Å². The molecule has 0 aliphatic rings. The van der Waals surface area contributed by atoms with E-state index in [9.17, 15) is 0 Å². The Morgan fingerprint density at radius 1 is 1.18 bits per heavy atom. The van der Waals surface area contributed by atoms with E-state index < -0.39 is 0 Å². The number of rotatable bonds is 5. The normalized spacial score (nSPS) is 13.4. The second kappa shape index (κ2) is 5.68. The highest BCUT2D eigenvalue weighted by Gasteiger charge is 2.11. The molecule has 1 radical (unpaired) electrons. The first-order chi connectivity index (χ1) is 8.18. The summed E-state index contributed by atoms with van der Waals surface area (Å²) < 4.78 is 1.39. The summed E-state index contributed by atoms with van der Waals surface area (Å²) in [5, 5.41) is 3.69. The third kappa shape index (κ3) is 3.10. The monoisotopic (exact) mass is 245 g/mol. The van der Waals surface area contributed by atoms with E-state index in [-0.39, 0.29) is 0 Å². The lowest BCUT2D eigenvalue weighted by atomic mass is 9.93. The molecule has 1 aromatic heterocycles. The molecule has 1 atom stereocenters. The summed E-state index contributed by atoms with van der Waals surface area (Å²) in [6.45, 7) is 8.91. The van der Waals surface area contributed by atoms with Crippen LogP contribution in [0.3, 0.4) is 0 Å². The van der Waals surface area contributed by atoms with Gasteiger partial charge in [0.25, 0.3) is 0 Å². The van der Waals surface area contributed by atoms with Gasteiger partial charge in [0.05, 0.1) is 0 Å². The zero-order chi connectivity index (χ0) is 12.3. The molecule has 0 aliphatic heterocycles. The zero-order valence-electron chi connectivity index (χ0n) is 10.8. The predicted octanol–water partition coefficient (Wildman–Crippen LogP) is 5.65. The molecule has 0 unspecified atom stereocenters. The number of hydrogen-bond donors (Lipinski definition) is 0. The average molecular weight is 245 g/mol. The molecule has 91 valence electrons. The third-order valence-corrected chi connectivity index (χ3v) is 4.27. The summed E-state index contributed by atoms with van der Waals surface area (Å²) in [7, 11) is 0. The van der Waals surface area contributed by atoms with Crippen molar-refractivity contribution in [3.05, 3.63) is 42.1 Å². The number of benzene rings is 1. The molecular weight excluding hydrogens is 224 g/mol. The maximum atomic E-state index is 4.33. The van der Waals surface area contributed by atoms with Crippen molar-refractivity contribution < 1.29 is 0 Å². The Hall–Kier alpha value is -0.820. The molecule has 0 nitrogen and oxygen atoms in total. The van der Waals surface area contributed by atoms with Crippen LogP contribution in [0.2, 0.25) is 0 Å². The van der Waals surface area contributed by atoms with Gasteiger partial charge in [-0.3, -0.25) is 0 Å². The molecule has 0 N–H and O–H groups in total. The fourth-order valence-corrected chi connectivity index (χ4v) is 3.29. The van der Waals surface area contributed by atoms with Gasteiger partial charge in [0.2, 0.25) is 0 Å². The Kier molecular flexibility index (Phi) is 4.22. The average Bonchev–Trinajstić information content (AvgIpc) is 2.72. The summed E-state index contributed by atoms with van der Waals surface area (Å²) in [4.78, 5) is 0. The van der Waals surface area contributed by atoms with Crippen molar-refractivity contribution in [2.75, 3.05) is 0 Å². The zero-order valence-corrected chi connectivity index (χ0v) is 11.6. The van der Waals surface area contributed by atoms with Gasteiger partial charge in [0.1, 0.15) is 0 Å². The first-order valence-corrected chi connectivity index (χ1v) is 7.35. The van der Waals surface area contributed by atoms with Gasteiger partial charge in [-0.05, 0) is 47.6 Å². The van der Waals surface area contributed by atoms with Crippen molar-refractivity contribution in [1.82, 2.24) is 0 Å². The lowest BCUT2D eigenvalue weighted by molar-refractivity contribution is 0.524. The van der Waals surface area contributed by atoms with Crippen LogP contribution in [-0.2, 0) is 0 Å². The van der Waals surface area contributed by atoms with Crippen LogP contribution in [0.1, 0.15) is 44.6 Å². The fourth-order valence-electron chi connectivity index (χ4n) is 2.24. The van der Waals surface area contributed by atoms with Crippen LogP contribution in [0.15, 0.2) is 29.6 Å². The summed E-state index contributed by atoms with van der Waals surface area (Å²) in [5.41, 5.74) is 1.44. The van der Waals surface area contributed by atoms with Crippen LogP contribution >= 0.6 is 11.3 Å². The fraction of sp³-hybridized carbons (Fsp3) is 0.438. The number of hydrogen-bond acceptors (Lipinski definition) is 1. The van der Waals surface area contributed by atoms with E-state index in [0.717, 1.165) is 5.92 Å². The molecule has 0 saturated carbocycles. The van der Waals surface area contributed by atoms with E-state index in [0.29, 0.717) is 5.92 Å². The maximum absolute atomic E-state index is 4.33. The molecule has 0 spiro atoms. The lowest BCUT2D eigenvalue weighted by Crippen LogP contribution is -1.95. The smallest absolute Gasteiger partial charge is 0.0345 e. The molecule has 0 saturated heterocycles. The quantitative estimate of drug-likeness (QED) is 0.639. The molecule has 0 bridgehead atoms. The minimum atomic E-state index is 0.449. The molecule has 2 rings (SSSR count). The van der Waals surface area contributed by atoms with Gasteiger partial charge in [0, 0.05) is 4.70 Å². The van der Waals surface area contributed by atoms with Gasteiger partial charge in [0.15, 0.2) is 0 Å². The molecule has 0 amide bonds. The summed E-state index contributed by atoms with van der Waals surface area (Å²) >= 11 is 1.84. The largest absolute Gasteiger partial charge is 0.144 e. The van der Waals surface area contributed by atoms with Crippen LogP contribution < -0.4 is 0 Å². The third-order valence-electron chi connectivity index (χ3n) is 3.28. The van der Waals surface area contributed by atoms with Crippen LogP contribution in [-0.4, -0.2) is 0 Å². The highest BCUT2D eigenvalue weighted by molar-refractivity contribution is 7.17. The Balaban J connectivity index is 2.06. The van der Waals surface area contributed by atoms with Crippen molar-refractivity contribution in [2.45, 2.75) is 39.0 Å². The molecule has 1 heterocycles.